The summed E-state index contributed by atoms with van der Waals surface area (Å²) in [5.41, 5.74) is 2.97. The van der Waals surface area contributed by atoms with Gasteiger partial charge in [0.05, 0.1) is 18.0 Å². The number of nitrogens with zero attached hydrogens (tertiary/aromatic N) is 2. The number of benzene rings is 2. The highest BCUT2D eigenvalue weighted by atomic mass is 32.2. The van der Waals surface area contributed by atoms with Crippen molar-refractivity contribution in [3.63, 3.8) is 0 Å². The van der Waals surface area contributed by atoms with E-state index in [1.807, 2.05) is 60.7 Å². The molecule has 5 nitrogen and oxygen atoms in total. The van der Waals surface area contributed by atoms with Gasteiger partial charge in [0, 0.05) is 23.9 Å². The topological polar surface area (TPSA) is 72.2 Å². The minimum absolute atomic E-state index is 0.0331. The summed E-state index contributed by atoms with van der Waals surface area (Å²) in [6.45, 7) is -0.0145. The third-order valence-electron chi connectivity index (χ3n) is 3.68. The quantitative estimate of drug-likeness (QED) is 0.774. The molecule has 1 N–H and O–H groups in total. The first-order valence-corrected chi connectivity index (χ1v) is 9.44. The summed E-state index contributed by atoms with van der Waals surface area (Å²) in [6, 6.07) is 18.9. The molecule has 2 aromatic carbocycles. The monoisotopic (exact) mass is 342 g/mol. The smallest absolute Gasteiger partial charge is 0.228 e. The van der Waals surface area contributed by atoms with E-state index < -0.39 is 9.84 Å². The van der Waals surface area contributed by atoms with Crippen molar-refractivity contribution >= 4 is 9.84 Å². The number of aromatic nitrogens is 2. The van der Waals surface area contributed by atoms with Crippen LogP contribution in [0.3, 0.4) is 0 Å². The third kappa shape index (κ3) is 3.11. The number of aliphatic hydroxyl groups excluding tert-OH is 1. The van der Waals surface area contributed by atoms with E-state index >= 15 is 0 Å². The molecule has 0 atom stereocenters. The lowest BCUT2D eigenvalue weighted by Gasteiger charge is -2.11. The predicted molar refractivity (Wildman–Crippen MR) is 93.3 cm³/mol. The molecule has 0 aliphatic rings. The van der Waals surface area contributed by atoms with E-state index in [4.69, 9.17) is 0 Å². The average molecular weight is 342 g/mol. The summed E-state index contributed by atoms with van der Waals surface area (Å²) >= 11 is 0. The van der Waals surface area contributed by atoms with Gasteiger partial charge in [0.25, 0.3) is 0 Å². The van der Waals surface area contributed by atoms with Crippen molar-refractivity contribution in [1.82, 2.24) is 9.55 Å². The SMILES string of the molecule is CS(=O)(=O)c1nc(-c2ccccc2)c(-c2ccccc2)n1CCO. The molecule has 0 aliphatic heterocycles. The van der Waals surface area contributed by atoms with Crippen LogP contribution in [0.25, 0.3) is 22.5 Å². The minimum Gasteiger partial charge on any atom is -0.395 e. The van der Waals surface area contributed by atoms with Gasteiger partial charge in [0.1, 0.15) is 0 Å². The van der Waals surface area contributed by atoms with Crippen molar-refractivity contribution in [2.24, 2.45) is 0 Å². The Kier molecular flexibility index (Phi) is 4.51. The van der Waals surface area contributed by atoms with Gasteiger partial charge in [-0.25, -0.2) is 13.4 Å². The highest BCUT2D eigenvalue weighted by Crippen LogP contribution is 2.34. The molecule has 0 spiro atoms. The molecule has 0 bridgehead atoms. The number of hydrogen-bond acceptors (Lipinski definition) is 4. The molecule has 0 saturated heterocycles. The summed E-state index contributed by atoms with van der Waals surface area (Å²) in [7, 11) is -3.53. The highest BCUT2D eigenvalue weighted by Gasteiger charge is 2.24. The van der Waals surface area contributed by atoms with Crippen molar-refractivity contribution in [2.45, 2.75) is 11.7 Å². The van der Waals surface area contributed by atoms with Gasteiger partial charge in [0.2, 0.25) is 15.0 Å². The Labute approximate surface area is 141 Å². The molecule has 124 valence electrons. The molecule has 6 heteroatoms. The maximum atomic E-state index is 12.2. The van der Waals surface area contributed by atoms with Crippen molar-refractivity contribution in [1.29, 1.82) is 0 Å². The number of rotatable bonds is 5. The first kappa shape index (κ1) is 16.4. The molecular weight excluding hydrogens is 324 g/mol. The Morgan fingerprint density at radius 3 is 2.00 bits per heavy atom. The lowest BCUT2D eigenvalue weighted by Crippen LogP contribution is -2.12. The summed E-state index contributed by atoms with van der Waals surface area (Å²) in [6.07, 6.45) is 1.13. The average Bonchev–Trinajstić information content (AvgIpc) is 2.96. The van der Waals surface area contributed by atoms with Crippen LogP contribution >= 0.6 is 0 Å². The van der Waals surface area contributed by atoms with Crippen LogP contribution in [0.5, 0.6) is 0 Å². The standard InChI is InChI=1S/C18H18N2O3S/c1-24(22,23)18-19-16(14-8-4-2-5-9-14)17(20(18)12-13-21)15-10-6-3-7-11-15/h2-11,21H,12-13H2,1H3. The molecular formula is C18H18N2O3S. The second-order valence-corrected chi connectivity index (χ2v) is 7.38. The molecule has 1 heterocycles. The summed E-state index contributed by atoms with van der Waals surface area (Å²) < 4.78 is 26.0. The molecule has 0 aliphatic carbocycles. The first-order valence-electron chi connectivity index (χ1n) is 7.54. The molecule has 0 saturated carbocycles. The number of hydrogen-bond donors (Lipinski definition) is 1. The largest absolute Gasteiger partial charge is 0.395 e. The van der Waals surface area contributed by atoms with Crippen molar-refractivity contribution in [3.05, 3.63) is 60.7 Å². The van der Waals surface area contributed by atoms with Crippen molar-refractivity contribution < 1.29 is 13.5 Å². The van der Waals surface area contributed by atoms with Crippen LogP contribution in [-0.2, 0) is 16.4 Å². The zero-order valence-corrected chi connectivity index (χ0v) is 14.1. The maximum Gasteiger partial charge on any atom is 0.228 e. The van der Waals surface area contributed by atoms with E-state index in [-0.39, 0.29) is 18.3 Å². The van der Waals surface area contributed by atoms with Crippen LogP contribution in [0.2, 0.25) is 0 Å². The molecule has 1 aromatic heterocycles. The summed E-state index contributed by atoms with van der Waals surface area (Å²) in [5, 5.41) is 9.38. The molecule has 24 heavy (non-hydrogen) atoms. The molecule has 0 unspecified atom stereocenters. The zero-order chi connectivity index (χ0) is 17.2. The van der Waals surface area contributed by atoms with Gasteiger partial charge in [0.15, 0.2) is 0 Å². The van der Waals surface area contributed by atoms with Crippen LogP contribution in [0.15, 0.2) is 65.8 Å². The fourth-order valence-corrected chi connectivity index (χ4v) is 3.55. The normalized spacial score (nSPS) is 11.6. The van der Waals surface area contributed by atoms with Gasteiger partial charge in [-0.15, -0.1) is 0 Å². The molecule has 0 radical (unpaired) electrons. The molecule has 0 fully saturated rings. The minimum atomic E-state index is -3.53. The lowest BCUT2D eigenvalue weighted by atomic mass is 10.0. The van der Waals surface area contributed by atoms with E-state index in [2.05, 4.69) is 4.98 Å². The maximum absolute atomic E-state index is 12.2. The molecule has 3 aromatic rings. The van der Waals surface area contributed by atoms with Gasteiger partial charge in [-0.2, -0.15) is 0 Å². The van der Waals surface area contributed by atoms with Gasteiger partial charge >= 0.3 is 0 Å². The second kappa shape index (κ2) is 6.59. The van der Waals surface area contributed by atoms with E-state index in [0.29, 0.717) is 11.4 Å². The van der Waals surface area contributed by atoms with Crippen LogP contribution in [0, 0.1) is 0 Å². The summed E-state index contributed by atoms with van der Waals surface area (Å²) in [5.74, 6) is 0. The Bertz CT molecular complexity index is 933. The van der Waals surface area contributed by atoms with E-state index in [0.717, 1.165) is 17.4 Å². The third-order valence-corrected chi connectivity index (χ3v) is 4.66. The number of sulfone groups is 1. The van der Waals surface area contributed by atoms with Crippen LogP contribution < -0.4 is 0 Å². The van der Waals surface area contributed by atoms with Gasteiger partial charge < -0.3 is 9.67 Å². The highest BCUT2D eigenvalue weighted by molar-refractivity contribution is 7.90. The predicted octanol–water partition coefficient (Wildman–Crippen LogP) is 2.61. The Hall–Kier alpha value is -2.44. The number of imidazole rings is 1. The van der Waals surface area contributed by atoms with E-state index in [1.54, 1.807) is 4.57 Å². The van der Waals surface area contributed by atoms with E-state index in [9.17, 15) is 13.5 Å². The van der Waals surface area contributed by atoms with Gasteiger partial charge in [-0.05, 0) is 0 Å². The Morgan fingerprint density at radius 1 is 0.958 bits per heavy atom. The first-order chi connectivity index (χ1) is 11.5. The fraction of sp³-hybridized carbons (Fsp3) is 0.167. The zero-order valence-electron chi connectivity index (χ0n) is 13.3. The van der Waals surface area contributed by atoms with Crippen LogP contribution in [0.4, 0.5) is 0 Å². The van der Waals surface area contributed by atoms with Gasteiger partial charge in [-0.3, -0.25) is 0 Å². The van der Waals surface area contributed by atoms with Gasteiger partial charge in [-0.1, -0.05) is 60.7 Å². The van der Waals surface area contributed by atoms with E-state index in [1.165, 1.54) is 0 Å². The Morgan fingerprint density at radius 2 is 1.50 bits per heavy atom. The van der Waals surface area contributed by atoms with Crippen LogP contribution in [0.1, 0.15) is 0 Å². The second-order valence-electron chi connectivity index (χ2n) is 5.47. The lowest BCUT2D eigenvalue weighted by molar-refractivity contribution is 0.272. The molecule has 0 amide bonds. The van der Waals surface area contributed by atoms with Crippen molar-refractivity contribution in [3.8, 4) is 22.5 Å². The molecule has 3 rings (SSSR count). The summed E-state index contributed by atoms with van der Waals surface area (Å²) in [4.78, 5) is 4.41. The number of aliphatic hydroxyl groups is 1. The van der Waals surface area contributed by atoms with Crippen molar-refractivity contribution in [2.75, 3.05) is 12.9 Å². The fourth-order valence-electron chi connectivity index (χ4n) is 2.71. The van der Waals surface area contributed by atoms with Crippen LogP contribution in [-0.4, -0.2) is 35.9 Å². The Balaban J connectivity index is 2.36.